The highest BCUT2D eigenvalue weighted by Crippen LogP contribution is 2.14. The molecule has 0 radical (unpaired) electrons. The van der Waals surface area contributed by atoms with Crippen LogP contribution in [0.15, 0.2) is 24.3 Å². The lowest BCUT2D eigenvalue weighted by Gasteiger charge is -2.20. The van der Waals surface area contributed by atoms with E-state index in [4.69, 9.17) is 0 Å². The fourth-order valence-corrected chi connectivity index (χ4v) is 2.23. The van der Waals surface area contributed by atoms with Gasteiger partial charge in [0.05, 0.1) is 6.04 Å². The number of nitrogens with one attached hydrogen (secondary N) is 2. The molecule has 0 aliphatic heterocycles. The summed E-state index contributed by atoms with van der Waals surface area (Å²) in [7, 11) is 0. The van der Waals surface area contributed by atoms with Crippen molar-refractivity contribution >= 4 is 5.91 Å². The molecule has 3 nitrogen and oxygen atoms in total. The number of carbonyl (C=O) groups excluding carboxylic acids is 1. The molecule has 2 N–H and O–H groups in total. The van der Waals surface area contributed by atoms with Crippen LogP contribution < -0.4 is 10.6 Å². The number of hydrogen-bond acceptors (Lipinski definition) is 2. The Bertz CT molecular complexity index is 417. The van der Waals surface area contributed by atoms with Gasteiger partial charge in [0.25, 0.3) is 0 Å². The van der Waals surface area contributed by atoms with Crippen LogP contribution in [0.2, 0.25) is 0 Å². The zero-order valence-electron chi connectivity index (χ0n) is 13.2. The number of benzene rings is 1. The van der Waals surface area contributed by atoms with Crippen LogP contribution in [0.3, 0.4) is 0 Å². The summed E-state index contributed by atoms with van der Waals surface area (Å²) in [5.74, 6) is 0.0839. The minimum absolute atomic E-state index is 0.0839. The molecule has 1 amide bonds. The van der Waals surface area contributed by atoms with E-state index in [0.717, 1.165) is 13.0 Å². The summed E-state index contributed by atoms with van der Waals surface area (Å²) in [6.45, 7) is 9.03. The van der Waals surface area contributed by atoms with Crippen molar-refractivity contribution in [3.8, 4) is 0 Å². The first-order valence-corrected chi connectivity index (χ1v) is 7.65. The molecule has 20 heavy (non-hydrogen) atoms. The monoisotopic (exact) mass is 276 g/mol. The molecule has 2 atom stereocenters. The highest BCUT2D eigenvalue weighted by Gasteiger charge is 2.15. The molecule has 0 aromatic heterocycles. The van der Waals surface area contributed by atoms with Crippen molar-refractivity contribution in [3.05, 3.63) is 35.4 Å². The molecule has 0 aliphatic carbocycles. The minimum Gasteiger partial charge on any atom is -0.355 e. The zero-order chi connectivity index (χ0) is 15.0. The van der Waals surface area contributed by atoms with Crippen LogP contribution in [0, 0.1) is 6.92 Å². The van der Waals surface area contributed by atoms with E-state index in [1.807, 2.05) is 6.92 Å². The van der Waals surface area contributed by atoms with Crippen molar-refractivity contribution in [2.24, 2.45) is 0 Å². The molecular formula is C17H28N2O. The van der Waals surface area contributed by atoms with Gasteiger partial charge in [-0.25, -0.2) is 0 Å². The predicted octanol–water partition coefficient (Wildman–Crippen LogP) is 3.34. The van der Waals surface area contributed by atoms with E-state index in [-0.39, 0.29) is 18.0 Å². The first-order valence-electron chi connectivity index (χ1n) is 7.65. The summed E-state index contributed by atoms with van der Waals surface area (Å²) in [5.41, 5.74) is 2.46. The maximum Gasteiger partial charge on any atom is 0.236 e. The second kappa shape index (κ2) is 8.75. The van der Waals surface area contributed by atoms with Gasteiger partial charge in [0.1, 0.15) is 0 Å². The van der Waals surface area contributed by atoms with Crippen LogP contribution in [-0.2, 0) is 4.79 Å². The highest BCUT2D eigenvalue weighted by molar-refractivity contribution is 5.81. The third kappa shape index (κ3) is 5.74. The third-order valence-electron chi connectivity index (χ3n) is 3.51. The van der Waals surface area contributed by atoms with Gasteiger partial charge in [0, 0.05) is 12.6 Å². The Kier molecular flexibility index (Phi) is 7.31. The van der Waals surface area contributed by atoms with E-state index in [9.17, 15) is 4.79 Å². The second-order valence-electron chi connectivity index (χ2n) is 5.52. The van der Waals surface area contributed by atoms with Gasteiger partial charge in [0.15, 0.2) is 0 Å². The summed E-state index contributed by atoms with van der Waals surface area (Å²) < 4.78 is 0. The number of hydrogen-bond donors (Lipinski definition) is 2. The number of aryl methyl sites for hydroxylation is 1. The van der Waals surface area contributed by atoms with Crippen molar-refractivity contribution in [3.63, 3.8) is 0 Å². The highest BCUT2D eigenvalue weighted by atomic mass is 16.2. The van der Waals surface area contributed by atoms with Gasteiger partial charge in [-0.3, -0.25) is 10.1 Å². The quantitative estimate of drug-likeness (QED) is 0.715. The van der Waals surface area contributed by atoms with Crippen LogP contribution >= 0.6 is 0 Å². The van der Waals surface area contributed by atoms with Crippen molar-refractivity contribution in [2.45, 2.75) is 59.0 Å². The molecule has 0 saturated carbocycles. The van der Waals surface area contributed by atoms with Crippen LogP contribution in [0.25, 0.3) is 0 Å². The summed E-state index contributed by atoms with van der Waals surface area (Å²) in [6, 6.07) is 8.39. The van der Waals surface area contributed by atoms with E-state index in [0.29, 0.717) is 0 Å². The molecule has 0 bridgehead atoms. The lowest BCUT2D eigenvalue weighted by molar-refractivity contribution is -0.122. The van der Waals surface area contributed by atoms with Crippen LogP contribution in [0.5, 0.6) is 0 Å². The lowest BCUT2D eigenvalue weighted by atomic mass is 10.1. The SMILES string of the molecule is CCCCCNC(=O)C(C)N[C@H](C)c1cccc(C)c1. The van der Waals surface area contributed by atoms with Crippen LogP contribution in [0.1, 0.15) is 57.2 Å². The maximum absolute atomic E-state index is 12.0. The Labute approximate surface area is 123 Å². The van der Waals surface area contributed by atoms with Crippen molar-refractivity contribution in [1.82, 2.24) is 10.6 Å². The number of amides is 1. The van der Waals surface area contributed by atoms with Gasteiger partial charge in [-0.2, -0.15) is 0 Å². The molecule has 1 rings (SSSR count). The molecule has 3 heteroatoms. The van der Waals surface area contributed by atoms with E-state index < -0.39 is 0 Å². The number of carbonyl (C=O) groups is 1. The van der Waals surface area contributed by atoms with Gasteiger partial charge < -0.3 is 5.32 Å². The molecular weight excluding hydrogens is 248 g/mol. The smallest absolute Gasteiger partial charge is 0.236 e. The van der Waals surface area contributed by atoms with Gasteiger partial charge in [-0.15, -0.1) is 0 Å². The minimum atomic E-state index is -0.174. The summed E-state index contributed by atoms with van der Waals surface area (Å²) in [5, 5.41) is 6.34. The predicted molar refractivity (Wildman–Crippen MR) is 84.7 cm³/mol. The van der Waals surface area contributed by atoms with Crippen molar-refractivity contribution in [2.75, 3.05) is 6.54 Å². The second-order valence-corrected chi connectivity index (χ2v) is 5.52. The first-order chi connectivity index (χ1) is 9.54. The first kappa shape index (κ1) is 16.7. The van der Waals surface area contributed by atoms with Gasteiger partial charge >= 0.3 is 0 Å². The molecule has 112 valence electrons. The molecule has 1 unspecified atom stereocenters. The average Bonchev–Trinajstić information content (AvgIpc) is 2.43. The molecule has 0 aliphatic rings. The van der Waals surface area contributed by atoms with E-state index in [1.54, 1.807) is 0 Å². The Morgan fingerprint density at radius 2 is 2.00 bits per heavy atom. The van der Waals surface area contributed by atoms with Gasteiger partial charge in [-0.1, -0.05) is 49.6 Å². The number of rotatable bonds is 8. The summed E-state index contributed by atoms with van der Waals surface area (Å²) in [4.78, 5) is 12.0. The summed E-state index contributed by atoms with van der Waals surface area (Å²) in [6.07, 6.45) is 3.40. The fraction of sp³-hybridized carbons (Fsp3) is 0.588. The Hall–Kier alpha value is -1.35. The zero-order valence-corrected chi connectivity index (χ0v) is 13.2. The molecule has 0 heterocycles. The van der Waals surface area contributed by atoms with Crippen LogP contribution in [-0.4, -0.2) is 18.5 Å². The van der Waals surface area contributed by atoms with E-state index in [2.05, 4.69) is 55.7 Å². The average molecular weight is 276 g/mol. The van der Waals surface area contributed by atoms with E-state index >= 15 is 0 Å². The van der Waals surface area contributed by atoms with E-state index in [1.165, 1.54) is 24.0 Å². The third-order valence-corrected chi connectivity index (χ3v) is 3.51. The standard InChI is InChI=1S/C17H28N2O/c1-5-6-7-11-18-17(20)15(4)19-14(3)16-10-8-9-13(2)12-16/h8-10,12,14-15,19H,5-7,11H2,1-4H3,(H,18,20)/t14-,15?/m1/s1. The lowest BCUT2D eigenvalue weighted by Crippen LogP contribution is -2.43. The number of unbranched alkanes of at least 4 members (excludes halogenated alkanes) is 2. The van der Waals surface area contributed by atoms with Gasteiger partial charge in [0.2, 0.25) is 5.91 Å². The Balaban J connectivity index is 2.40. The Morgan fingerprint density at radius 3 is 2.65 bits per heavy atom. The molecule has 1 aromatic carbocycles. The maximum atomic E-state index is 12.0. The largest absolute Gasteiger partial charge is 0.355 e. The van der Waals surface area contributed by atoms with Crippen molar-refractivity contribution in [1.29, 1.82) is 0 Å². The molecule has 0 saturated heterocycles. The fourth-order valence-electron chi connectivity index (χ4n) is 2.23. The van der Waals surface area contributed by atoms with Gasteiger partial charge in [-0.05, 0) is 32.8 Å². The molecule has 1 aromatic rings. The Morgan fingerprint density at radius 1 is 1.25 bits per heavy atom. The molecule has 0 fully saturated rings. The summed E-state index contributed by atoms with van der Waals surface area (Å²) >= 11 is 0. The van der Waals surface area contributed by atoms with Crippen LogP contribution in [0.4, 0.5) is 0 Å². The normalized spacial score (nSPS) is 13.8. The molecule has 0 spiro atoms. The van der Waals surface area contributed by atoms with Crippen molar-refractivity contribution < 1.29 is 4.79 Å². The topological polar surface area (TPSA) is 41.1 Å².